The zero-order chi connectivity index (χ0) is 31.1. The molecule has 4 aromatic rings. The SMILES string of the molecule is Cc1cc(C(=O)N2Cc3ccc(C4CC(N5CCCCC5)CC[N]4)n3Cc3ccccc32)ccc1-c1ccccc1C(F)(F)F. The van der Waals surface area contributed by atoms with Crippen molar-refractivity contribution in [3.05, 3.63) is 113 Å². The van der Waals surface area contributed by atoms with Crippen LogP contribution in [0.15, 0.2) is 78.9 Å². The fraction of sp³-hybridized carbons (Fsp3) is 0.378. The molecule has 5 nitrogen and oxygen atoms in total. The lowest BCUT2D eigenvalue weighted by molar-refractivity contribution is -0.137. The third-order valence-corrected chi connectivity index (χ3v) is 9.83. The van der Waals surface area contributed by atoms with Gasteiger partial charge in [-0.2, -0.15) is 13.2 Å². The highest BCUT2D eigenvalue weighted by Gasteiger charge is 2.35. The van der Waals surface area contributed by atoms with E-state index >= 15 is 0 Å². The fourth-order valence-electron chi connectivity index (χ4n) is 7.53. The summed E-state index contributed by atoms with van der Waals surface area (Å²) in [5.41, 5.74) is 5.13. The standard InChI is InChI=1S/C37H38F3N4O/c1-25-21-26(13-15-30(25)31-10-4-5-11-32(31)37(38,39)40)36(45)44-24-29-14-16-35(43(29)23-27-9-3-6-12-34(27)44)33-22-28(17-18-41-33)42-19-7-2-8-20-42/h3-6,9-16,21,28,33H,2,7-8,17-20,22-24H2,1H3. The van der Waals surface area contributed by atoms with Gasteiger partial charge in [-0.1, -0.05) is 48.9 Å². The Morgan fingerprint density at radius 3 is 2.44 bits per heavy atom. The number of halogens is 3. The summed E-state index contributed by atoms with van der Waals surface area (Å²) >= 11 is 0. The third kappa shape index (κ3) is 5.82. The first kappa shape index (κ1) is 29.8. The van der Waals surface area contributed by atoms with Crippen LogP contribution in [0.2, 0.25) is 0 Å². The summed E-state index contributed by atoms with van der Waals surface area (Å²) in [6.45, 7) is 6.06. The lowest BCUT2D eigenvalue weighted by Gasteiger charge is -2.39. The highest BCUT2D eigenvalue weighted by molar-refractivity contribution is 6.07. The minimum atomic E-state index is -4.47. The van der Waals surface area contributed by atoms with Crippen LogP contribution in [0.4, 0.5) is 18.9 Å². The second kappa shape index (κ2) is 12.1. The topological polar surface area (TPSA) is 42.6 Å². The number of benzene rings is 3. The van der Waals surface area contributed by atoms with E-state index in [0.717, 1.165) is 42.4 Å². The normalized spacial score (nSPS) is 20.8. The molecular weight excluding hydrogens is 573 g/mol. The maximum absolute atomic E-state index is 14.2. The number of amides is 1. The first-order valence-corrected chi connectivity index (χ1v) is 16.0. The minimum absolute atomic E-state index is 0.114. The lowest BCUT2D eigenvalue weighted by Crippen LogP contribution is -2.45. The van der Waals surface area contributed by atoms with Crippen LogP contribution in [0.3, 0.4) is 0 Å². The van der Waals surface area contributed by atoms with Gasteiger partial charge in [0.1, 0.15) is 0 Å². The Hall–Kier alpha value is -3.88. The molecule has 0 N–H and O–H groups in total. The molecule has 2 saturated heterocycles. The molecule has 4 heterocycles. The molecule has 2 fully saturated rings. The van der Waals surface area contributed by atoms with Crippen molar-refractivity contribution >= 4 is 11.6 Å². The monoisotopic (exact) mass is 611 g/mol. The number of piperidine rings is 2. The Bertz CT molecular complexity index is 1700. The van der Waals surface area contributed by atoms with Crippen LogP contribution < -0.4 is 10.2 Å². The predicted molar refractivity (Wildman–Crippen MR) is 170 cm³/mol. The van der Waals surface area contributed by atoms with Crippen LogP contribution in [-0.4, -0.2) is 41.1 Å². The first-order chi connectivity index (χ1) is 21.8. The molecule has 233 valence electrons. The maximum Gasteiger partial charge on any atom is 0.417 e. The van der Waals surface area contributed by atoms with E-state index in [9.17, 15) is 18.0 Å². The third-order valence-electron chi connectivity index (χ3n) is 9.83. The minimum Gasteiger partial charge on any atom is -0.341 e. The van der Waals surface area contributed by atoms with Gasteiger partial charge < -0.3 is 14.4 Å². The lowest BCUT2D eigenvalue weighted by atomic mass is 9.94. The average molecular weight is 612 g/mol. The molecular formula is C37H38F3N4O. The Labute approximate surface area is 262 Å². The number of anilines is 1. The van der Waals surface area contributed by atoms with Gasteiger partial charge in [0, 0.05) is 41.8 Å². The summed E-state index contributed by atoms with van der Waals surface area (Å²) in [6, 6.07) is 23.6. The van der Waals surface area contributed by atoms with Gasteiger partial charge in [0.05, 0.1) is 18.2 Å². The Kier molecular flexibility index (Phi) is 8.04. The number of hydrogen-bond acceptors (Lipinski definition) is 2. The van der Waals surface area contributed by atoms with Crippen molar-refractivity contribution in [2.45, 2.75) is 70.4 Å². The zero-order valence-corrected chi connectivity index (χ0v) is 25.6. The van der Waals surface area contributed by atoms with E-state index in [-0.39, 0.29) is 17.5 Å². The van der Waals surface area contributed by atoms with Crippen molar-refractivity contribution in [3.63, 3.8) is 0 Å². The Morgan fingerprint density at radius 1 is 0.867 bits per heavy atom. The van der Waals surface area contributed by atoms with Crippen molar-refractivity contribution in [1.29, 1.82) is 0 Å². The quantitative estimate of drug-likeness (QED) is 0.235. The van der Waals surface area contributed by atoms with Gasteiger partial charge in [0.2, 0.25) is 0 Å². The number of hydrogen-bond donors (Lipinski definition) is 0. The highest BCUT2D eigenvalue weighted by Crippen LogP contribution is 2.39. The predicted octanol–water partition coefficient (Wildman–Crippen LogP) is 7.98. The maximum atomic E-state index is 14.2. The van der Waals surface area contributed by atoms with Crippen molar-refractivity contribution in [1.82, 2.24) is 14.8 Å². The molecule has 1 radical (unpaired) electrons. The number of aromatic nitrogens is 1. The summed E-state index contributed by atoms with van der Waals surface area (Å²) in [4.78, 5) is 18.7. The smallest absolute Gasteiger partial charge is 0.341 e. The van der Waals surface area contributed by atoms with Gasteiger partial charge in [-0.15, -0.1) is 0 Å². The zero-order valence-electron chi connectivity index (χ0n) is 25.6. The highest BCUT2D eigenvalue weighted by atomic mass is 19.4. The van der Waals surface area contributed by atoms with Crippen LogP contribution in [0.25, 0.3) is 11.1 Å². The van der Waals surface area contributed by atoms with Crippen LogP contribution in [0, 0.1) is 6.92 Å². The Morgan fingerprint density at radius 2 is 1.64 bits per heavy atom. The average Bonchev–Trinajstić information content (AvgIpc) is 3.37. The van der Waals surface area contributed by atoms with E-state index in [4.69, 9.17) is 5.32 Å². The van der Waals surface area contributed by atoms with Crippen molar-refractivity contribution < 1.29 is 18.0 Å². The van der Waals surface area contributed by atoms with E-state index in [1.54, 1.807) is 31.2 Å². The summed E-state index contributed by atoms with van der Waals surface area (Å²) in [5.74, 6) is -0.176. The molecule has 8 heteroatoms. The van der Waals surface area contributed by atoms with E-state index in [2.05, 4.69) is 27.7 Å². The number of para-hydroxylation sites is 1. The molecule has 0 bridgehead atoms. The molecule has 1 aromatic heterocycles. The second-order valence-electron chi connectivity index (χ2n) is 12.6. The molecule has 0 aliphatic carbocycles. The summed E-state index contributed by atoms with van der Waals surface area (Å²) in [7, 11) is 0. The summed E-state index contributed by atoms with van der Waals surface area (Å²) in [5, 5.41) is 5.08. The number of alkyl halides is 3. The molecule has 3 aliphatic rings. The number of rotatable bonds is 4. The van der Waals surface area contributed by atoms with Crippen LogP contribution >= 0.6 is 0 Å². The molecule has 2 atom stereocenters. The van der Waals surface area contributed by atoms with Gasteiger partial charge in [-0.05, 0) is 104 Å². The molecule has 45 heavy (non-hydrogen) atoms. The van der Waals surface area contributed by atoms with E-state index in [0.29, 0.717) is 35.8 Å². The number of fused-ring (bicyclic) bond motifs is 2. The van der Waals surface area contributed by atoms with Crippen molar-refractivity contribution in [3.8, 4) is 11.1 Å². The van der Waals surface area contributed by atoms with Gasteiger partial charge in [-0.3, -0.25) is 4.79 Å². The number of carbonyl (C=O) groups is 1. The van der Waals surface area contributed by atoms with Gasteiger partial charge >= 0.3 is 6.18 Å². The number of aryl methyl sites for hydroxylation is 1. The molecule has 3 aromatic carbocycles. The Balaban J connectivity index is 1.18. The molecule has 3 aliphatic heterocycles. The number of likely N-dealkylation sites (tertiary alicyclic amines) is 1. The van der Waals surface area contributed by atoms with Crippen molar-refractivity contribution in [2.75, 3.05) is 24.5 Å². The van der Waals surface area contributed by atoms with Gasteiger partial charge in [-0.25, -0.2) is 5.32 Å². The van der Waals surface area contributed by atoms with Crippen LogP contribution in [0.1, 0.15) is 76.6 Å². The molecule has 0 spiro atoms. The van der Waals surface area contributed by atoms with Crippen molar-refractivity contribution in [2.24, 2.45) is 0 Å². The largest absolute Gasteiger partial charge is 0.417 e. The van der Waals surface area contributed by atoms with Gasteiger partial charge in [0.15, 0.2) is 0 Å². The fourth-order valence-corrected chi connectivity index (χ4v) is 7.53. The van der Waals surface area contributed by atoms with Gasteiger partial charge in [0.25, 0.3) is 5.91 Å². The molecule has 1 amide bonds. The molecule has 0 saturated carbocycles. The number of carbonyl (C=O) groups excluding carboxylic acids is 1. The van der Waals surface area contributed by atoms with Crippen LogP contribution in [-0.2, 0) is 19.3 Å². The summed E-state index contributed by atoms with van der Waals surface area (Å²) in [6.07, 6.45) is 1.56. The molecule has 7 rings (SSSR count). The van der Waals surface area contributed by atoms with E-state index < -0.39 is 11.7 Å². The summed E-state index contributed by atoms with van der Waals surface area (Å²) < 4.78 is 43.7. The number of nitrogens with zero attached hydrogens (tertiary/aromatic N) is 4. The first-order valence-electron chi connectivity index (χ1n) is 16.0. The van der Waals surface area contributed by atoms with E-state index in [1.165, 1.54) is 50.2 Å². The molecule has 2 unspecified atom stereocenters. The van der Waals surface area contributed by atoms with E-state index in [1.807, 2.05) is 23.1 Å². The second-order valence-corrected chi connectivity index (χ2v) is 12.6. The van der Waals surface area contributed by atoms with Crippen LogP contribution in [0.5, 0.6) is 0 Å².